The lowest BCUT2D eigenvalue weighted by atomic mass is 10.2. The highest BCUT2D eigenvalue weighted by atomic mass is 32.1. The molecule has 5 heteroatoms. The average Bonchev–Trinajstić information content (AvgIpc) is 2.26. The summed E-state index contributed by atoms with van der Waals surface area (Å²) in [5.41, 5.74) is 6.10. The first-order valence-corrected chi connectivity index (χ1v) is 4.75. The number of carbonyl (C=O) groups excluding carboxylic acids is 1. The molecule has 0 saturated heterocycles. The minimum absolute atomic E-state index is 0.150. The van der Waals surface area contributed by atoms with Gasteiger partial charge in [0.05, 0.1) is 7.11 Å². The second-order valence-corrected chi connectivity index (χ2v) is 3.33. The summed E-state index contributed by atoms with van der Waals surface area (Å²) in [4.78, 5) is 10.9. The molecular formula is C10H12N2O2S. The number of amides is 1. The van der Waals surface area contributed by atoms with Gasteiger partial charge >= 0.3 is 0 Å². The number of benzene rings is 1. The van der Waals surface area contributed by atoms with E-state index < -0.39 is 5.91 Å². The molecule has 0 heterocycles. The summed E-state index contributed by atoms with van der Waals surface area (Å²) in [6.45, 7) is 0.403. The van der Waals surface area contributed by atoms with Crippen LogP contribution in [0.1, 0.15) is 5.56 Å². The normalized spacial score (nSPS) is 9.40. The van der Waals surface area contributed by atoms with Crippen LogP contribution in [0.25, 0.3) is 0 Å². The molecule has 0 unspecified atom stereocenters. The van der Waals surface area contributed by atoms with Gasteiger partial charge in [-0.3, -0.25) is 4.79 Å². The molecule has 4 nitrogen and oxygen atoms in total. The number of carbonyl (C=O) groups is 1. The topological polar surface area (TPSA) is 64.3 Å². The molecule has 1 aromatic rings. The van der Waals surface area contributed by atoms with Crippen LogP contribution in [0.5, 0.6) is 5.75 Å². The third kappa shape index (κ3) is 3.55. The van der Waals surface area contributed by atoms with Gasteiger partial charge in [-0.1, -0.05) is 24.4 Å². The summed E-state index contributed by atoms with van der Waals surface area (Å²) < 4.78 is 5.00. The summed E-state index contributed by atoms with van der Waals surface area (Å²) >= 11 is 4.52. The van der Waals surface area contributed by atoms with Crippen LogP contribution >= 0.6 is 12.2 Å². The maximum Gasteiger partial charge on any atom is 0.278 e. The maximum absolute atomic E-state index is 11.0. The van der Waals surface area contributed by atoms with E-state index in [1.807, 2.05) is 24.3 Å². The maximum atomic E-state index is 11.0. The molecular weight excluding hydrogens is 212 g/mol. The Hall–Kier alpha value is -1.62. The molecule has 80 valence electrons. The molecule has 1 rings (SSSR count). The monoisotopic (exact) mass is 224 g/mol. The van der Waals surface area contributed by atoms with Crippen molar-refractivity contribution in [2.45, 2.75) is 6.54 Å². The van der Waals surface area contributed by atoms with Crippen molar-refractivity contribution in [2.24, 2.45) is 5.73 Å². The average molecular weight is 224 g/mol. The SMILES string of the molecule is COc1ccc(CNC(=O)C(N)=S)cc1. The largest absolute Gasteiger partial charge is 0.497 e. The van der Waals surface area contributed by atoms with Crippen LogP contribution in [0.2, 0.25) is 0 Å². The summed E-state index contributed by atoms with van der Waals surface area (Å²) in [5, 5.41) is 2.59. The highest BCUT2D eigenvalue weighted by molar-refractivity contribution is 7.81. The van der Waals surface area contributed by atoms with Crippen molar-refractivity contribution < 1.29 is 9.53 Å². The van der Waals surface area contributed by atoms with Gasteiger partial charge in [-0.2, -0.15) is 0 Å². The van der Waals surface area contributed by atoms with Gasteiger partial charge in [-0.25, -0.2) is 0 Å². The number of thiocarbonyl (C=S) groups is 1. The van der Waals surface area contributed by atoms with Crippen molar-refractivity contribution in [3.8, 4) is 5.75 Å². The fraction of sp³-hybridized carbons (Fsp3) is 0.200. The Kier molecular flexibility index (Phi) is 4.05. The Labute approximate surface area is 93.4 Å². The minimum Gasteiger partial charge on any atom is -0.497 e. The zero-order valence-electron chi connectivity index (χ0n) is 8.32. The smallest absolute Gasteiger partial charge is 0.278 e. The molecule has 0 aliphatic heterocycles. The fourth-order valence-corrected chi connectivity index (χ4v) is 1.09. The molecule has 1 aromatic carbocycles. The first kappa shape index (κ1) is 11.5. The molecule has 3 N–H and O–H groups in total. The molecule has 0 aromatic heterocycles. The molecule has 0 fully saturated rings. The lowest BCUT2D eigenvalue weighted by molar-refractivity contribution is -0.114. The summed E-state index contributed by atoms with van der Waals surface area (Å²) in [5.74, 6) is 0.361. The first-order valence-electron chi connectivity index (χ1n) is 4.34. The number of ether oxygens (including phenoxy) is 1. The molecule has 1 amide bonds. The van der Waals surface area contributed by atoms with E-state index in [2.05, 4.69) is 17.5 Å². The fourth-order valence-electron chi connectivity index (χ4n) is 1.01. The summed E-state index contributed by atoms with van der Waals surface area (Å²) in [6.07, 6.45) is 0. The third-order valence-electron chi connectivity index (χ3n) is 1.84. The van der Waals surface area contributed by atoms with Gasteiger partial charge < -0.3 is 15.8 Å². The van der Waals surface area contributed by atoms with Crippen LogP contribution in [0.15, 0.2) is 24.3 Å². The summed E-state index contributed by atoms with van der Waals surface area (Å²) in [6, 6.07) is 7.36. The highest BCUT2D eigenvalue weighted by Gasteiger charge is 2.03. The molecule has 0 bridgehead atoms. The van der Waals surface area contributed by atoms with Crippen molar-refractivity contribution in [2.75, 3.05) is 7.11 Å². The molecule has 0 saturated carbocycles. The summed E-state index contributed by atoms with van der Waals surface area (Å²) in [7, 11) is 1.60. The number of hydrogen-bond donors (Lipinski definition) is 2. The van der Waals surface area contributed by atoms with Gasteiger partial charge in [-0.15, -0.1) is 0 Å². The van der Waals surface area contributed by atoms with Crippen molar-refractivity contribution >= 4 is 23.1 Å². The van der Waals surface area contributed by atoms with Crippen LogP contribution in [-0.2, 0) is 11.3 Å². The third-order valence-corrected chi connectivity index (χ3v) is 2.02. The van der Waals surface area contributed by atoms with Gasteiger partial charge in [0, 0.05) is 6.54 Å². The first-order chi connectivity index (χ1) is 7.13. The van der Waals surface area contributed by atoms with Gasteiger partial charge in [0.25, 0.3) is 5.91 Å². The van der Waals surface area contributed by atoms with Crippen molar-refractivity contribution in [3.05, 3.63) is 29.8 Å². The molecule has 0 aliphatic rings. The van der Waals surface area contributed by atoms with Crippen molar-refractivity contribution in [1.82, 2.24) is 5.32 Å². The van der Waals surface area contributed by atoms with Gasteiger partial charge in [0.1, 0.15) is 5.75 Å². The second-order valence-electron chi connectivity index (χ2n) is 2.90. The van der Waals surface area contributed by atoms with Crippen LogP contribution in [0, 0.1) is 0 Å². The quantitative estimate of drug-likeness (QED) is 0.738. The second kappa shape index (κ2) is 5.31. The predicted octanol–water partition coefficient (Wildman–Crippen LogP) is 0.597. The number of nitrogens with two attached hydrogens (primary N) is 1. The van der Waals surface area contributed by atoms with Gasteiger partial charge in [-0.05, 0) is 17.7 Å². The Morgan fingerprint density at radius 2 is 2.07 bits per heavy atom. The van der Waals surface area contributed by atoms with Crippen LogP contribution in [0.4, 0.5) is 0 Å². The van der Waals surface area contributed by atoms with E-state index in [0.29, 0.717) is 6.54 Å². The molecule has 0 spiro atoms. The van der Waals surface area contributed by atoms with Gasteiger partial charge in [0.15, 0.2) is 4.99 Å². The van der Waals surface area contributed by atoms with Crippen molar-refractivity contribution in [1.29, 1.82) is 0 Å². The molecule has 0 radical (unpaired) electrons. The van der Waals surface area contributed by atoms with Crippen molar-refractivity contribution in [3.63, 3.8) is 0 Å². The van der Waals surface area contributed by atoms with Crippen LogP contribution < -0.4 is 15.8 Å². The van der Waals surface area contributed by atoms with E-state index in [4.69, 9.17) is 10.5 Å². The zero-order chi connectivity index (χ0) is 11.3. The molecule has 15 heavy (non-hydrogen) atoms. The van der Waals surface area contributed by atoms with E-state index >= 15 is 0 Å². The van der Waals surface area contributed by atoms with E-state index in [0.717, 1.165) is 11.3 Å². The Morgan fingerprint density at radius 3 is 2.53 bits per heavy atom. The number of methoxy groups -OCH3 is 1. The number of hydrogen-bond acceptors (Lipinski definition) is 3. The number of rotatable bonds is 3. The Balaban J connectivity index is 2.51. The minimum atomic E-state index is -0.416. The van der Waals surface area contributed by atoms with Crippen LogP contribution in [-0.4, -0.2) is 18.0 Å². The predicted molar refractivity (Wildman–Crippen MR) is 61.6 cm³/mol. The lowest BCUT2D eigenvalue weighted by Crippen LogP contribution is -2.34. The highest BCUT2D eigenvalue weighted by Crippen LogP contribution is 2.10. The Morgan fingerprint density at radius 1 is 1.47 bits per heavy atom. The molecule has 0 aliphatic carbocycles. The Bertz CT molecular complexity index is 362. The van der Waals surface area contributed by atoms with Gasteiger partial charge in [0.2, 0.25) is 0 Å². The lowest BCUT2D eigenvalue weighted by Gasteiger charge is -2.04. The molecule has 0 atom stereocenters. The zero-order valence-corrected chi connectivity index (χ0v) is 9.14. The number of nitrogens with one attached hydrogen (secondary N) is 1. The van der Waals surface area contributed by atoms with Crippen LogP contribution in [0.3, 0.4) is 0 Å². The van der Waals surface area contributed by atoms with E-state index in [1.165, 1.54) is 0 Å². The standard InChI is InChI=1S/C10H12N2O2S/c1-14-8-4-2-7(3-5-8)6-12-10(13)9(11)15/h2-5H,6H2,1H3,(H2,11,15)(H,12,13). The van der Waals surface area contributed by atoms with E-state index in [-0.39, 0.29) is 4.99 Å². The van der Waals surface area contributed by atoms with E-state index in [9.17, 15) is 4.79 Å². The van der Waals surface area contributed by atoms with E-state index in [1.54, 1.807) is 7.11 Å².